The summed E-state index contributed by atoms with van der Waals surface area (Å²) in [6.07, 6.45) is 5.90. The summed E-state index contributed by atoms with van der Waals surface area (Å²) in [6.45, 7) is 6.21. The summed E-state index contributed by atoms with van der Waals surface area (Å²) in [4.78, 5) is 2.47. The molecule has 1 N–H and O–H groups in total. The molecule has 0 aromatic heterocycles. The van der Waals surface area contributed by atoms with Crippen molar-refractivity contribution in [2.24, 2.45) is 0 Å². The van der Waals surface area contributed by atoms with Crippen molar-refractivity contribution in [2.75, 3.05) is 30.4 Å². The predicted molar refractivity (Wildman–Crippen MR) is 72.1 cm³/mol. The summed E-state index contributed by atoms with van der Waals surface area (Å²) >= 11 is 0. The first kappa shape index (κ1) is 11.1. The average molecular weight is 216 g/mol. The Morgan fingerprint density at radius 1 is 1.25 bits per heavy atom. The van der Waals surface area contributed by atoms with Gasteiger partial charge in [-0.15, -0.1) is 0 Å². The van der Waals surface area contributed by atoms with Crippen molar-refractivity contribution >= 4 is 17.5 Å². The van der Waals surface area contributed by atoms with Crippen LogP contribution in [0.25, 0.3) is 6.08 Å². The molecular weight excluding hydrogens is 196 g/mol. The Labute approximate surface area is 98.0 Å². The number of hydrogen-bond acceptors (Lipinski definition) is 2. The maximum absolute atomic E-state index is 3.83. The third kappa shape index (κ3) is 2.21. The summed E-state index contributed by atoms with van der Waals surface area (Å²) in [5.41, 5.74) is 3.66. The first-order valence-electron chi connectivity index (χ1n) is 6.04. The molecule has 16 heavy (non-hydrogen) atoms. The third-order valence-corrected chi connectivity index (χ3v) is 3.25. The van der Waals surface area contributed by atoms with Crippen LogP contribution >= 0.6 is 0 Å². The fourth-order valence-corrected chi connectivity index (χ4v) is 2.29. The van der Waals surface area contributed by atoms with Crippen molar-refractivity contribution in [1.82, 2.24) is 0 Å². The second-order valence-corrected chi connectivity index (χ2v) is 4.27. The van der Waals surface area contributed by atoms with E-state index in [1.54, 1.807) is 0 Å². The molecule has 0 aliphatic carbocycles. The van der Waals surface area contributed by atoms with Crippen LogP contribution in [0.5, 0.6) is 0 Å². The Kier molecular flexibility index (Phi) is 3.50. The smallest absolute Gasteiger partial charge is 0.0431 e. The molecule has 0 radical (unpaired) electrons. The molecule has 1 aliphatic rings. The largest absolute Gasteiger partial charge is 0.388 e. The third-order valence-electron chi connectivity index (χ3n) is 3.25. The first-order valence-corrected chi connectivity index (χ1v) is 6.04. The van der Waals surface area contributed by atoms with Gasteiger partial charge in [0.25, 0.3) is 0 Å². The zero-order valence-corrected chi connectivity index (χ0v) is 10.00. The highest BCUT2D eigenvalue weighted by atomic mass is 15.1. The minimum atomic E-state index is 1.16. The molecule has 0 amide bonds. The number of rotatable bonds is 3. The lowest BCUT2D eigenvalue weighted by Crippen LogP contribution is -2.29. The minimum absolute atomic E-state index is 1.16. The lowest BCUT2D eigenvalue weighted by Gasteiger charge is -2.29. The van der Waals surface area contributed by atoms with Crippen LogP contribution in [0, 0.1) is 0 Å². The topological polar surface area (TPSA) is 15.3 Å². The van der Waals surface area contributed by atoms with Gasteiger partial charge < -0.3 is 10.2 Å². The van der Waals surface area contributed by atoms with Gasteiger partial charge in [0.05, 0.1) is 0 Å². The summed E-state index contributed by atoms with van der Waals surface area (Å²) in [5.74, 6) is 0. The van der Waals surface area contributed by atoms with E-state index in [1.165, 1.54) is 43.6 Å². The van der Waals surface area contributed by atoms with Gasteiger partial charge in [0, 0.05) is 31.5 Å². The second kappa shape index (κ2) is 5.06. The molecule has 1 fully saturated rings. The highest BCUT2D eigenvalue weighted by Gasteiger charge is 2.11. The maximum Gasteiger partial charge on any atom is 0.0431 e. The van der Waals surface area contributed by atoms with E-state index in [1.807, 2.05) is 13.1 Å². The Morgan fingerprint density at radius 3 is 2.62 bits per heavy atom. The van der Waals surface area contributed by atoms with E-state index in [4.69, 9.17) is 0 Å². The van der Waals surface area contributed by atoms with Gasteiger partial charge in [0.2, 0.25) is 0 Å². The highest BCUT2D eigenvalue weighted by molar-refractivity contribution is 5.71. The van der Waals surface area contributed by atoms with Crippen molar-refractivity contribution in [2.45, 2.75) is 19.3 Å². The van der Waals surface area contributed by atoms with Crippen molar-refractivity contribution in [3.63, 3.8) is 0 Å². The lowest BCUT2D eigenvalue weighted by atomic mass is 10.1. The molecule has 0 unspecified atom stereocenters. The van der Waals surface area contributed by atoms with Crippen LogP contribution in [0.1, 0.15) is 24.8 Å². The fraction of sp³-hybridized carbons (Fsp3) is 0.429. The Hall–Kier alpha value is -1.44. The number of piperidine rings is 1. The van der Waals surface area contributed by atoms with Gasteiger partial charge in [-0.25, -0.2) is 0 Å². The van der Waals surface area contributed by atoms with Crippen LogP contribution in [0.4, 0.5) is 11.4 Å². The zero-order chi connectivity index (χ0) is 11.4. The van der Waals surface area contributed by atoms with Gasteiger partial charge in [0.15, 0.2) is 0 Å². The van der Waals surface area contributed by atoms with Crippen LogP contribution in [0.2, 0.25) is 0 Å². The molecule has 0 saturated carbocycles. The molecule has 0 spiro atoms. The summed E-state index contributed by atoms with van der Waals surface area (Å²) in [6, 6.07) is 6.56. The zero-order valence-electron chi connectivity index (χ0n) is 10.00. The van der Waals surface area contributed by atoms with Gasteiger partial charge in [0.1, 0.15) is 0 Å². The van der Waals surface area contributed by atoms with Crippen molar-refractivity contribution in [3.05, 3.63) is 30.3 Å². The minimum Gasteiger partial charge on any atom is -0.388 e. The number of nitrogens with one attached hydrogen (secondary N) is 1. The summed E-state index contributed by atoms with van der Waals surface area (Å²) in [5, 5.41) is 3.23. The van der Waals surface area contributed by atoms with Gasteiger partial charge >= 0.3 is 0 Å². The summed E-state index contributed by atoms with van der Waals surface area (Å²) in [7, 11) is 1.96. The van der Waals surface area contributed by atoms with Crippen LogP contribution in [0.3, 0.4) is 0 Å². The van der Waals surface area contributed by atoms with E-state index < -0.39 is 0 Å². The van der Waals surface area contributed by atoms with Crippen LogP contribution in [-0.2, 0) is 0 Å². The molecule has 2 nitrogen and oxygen atoms in total. The van der Waals surface area contributed by atoms with E-state index >= 15 is 0 Å². The molecule has 2 heteroatoms. The van der Waals surface area contributed by atoms with Crippen molar-refractivity contribution < 1.29 is 0 Å². The Balaban J connectivity index is 2.24. The number of nitrogens with zero attached hydrogens (tertiary/aromatic N) is 1. The molecule has 1 aromatic rings. The predicted octanol–water partition coefficient (Wildman–Crippen LogP) is 3.36. The number of anilines is 2. The van der Waals surface area contributed by atoms with Gasteiger partial charge in [-0.1, -0.05) is 18.7 Å². The van der Waals surface area contributed by atoms with Crippen LogP contribution in [0.15, 0.2) is 24.8 Å². The molecule has 2 rings (SSSR count). The van der Waals surface area contributed by atoms with Crippen LogP contribution in [-0.4, -0.2) is 20.1 Å². The van der Waals surface area contributed by atoms with E-state index in [2.05, 4.69) is 35.0 Å². The molecule has 0 bridgehead atoms. The monoisotopic (exact) mass is 216 g/mol. The fourth-order valence-electron chi connectivity index (χ4n) is 2.29. The van der Waals surface area contributed by atoms with Gasteiger partial charge in [-0.3, -0.25) is 0 Å². The molecule has 1 aliphatic heterocycles. The summed E-state index contributed by atoms with van der Waals surface area (Å²) < 4.78 is 0. The van der Waals surface area contributed by atoms with Crippen LogP contribution < -0.4 is 10.2 Å². The molecular formula is C14H20N2. The maximum atomic E-state index is 3.83. The molecule has 1 aromatic carbocycles. The van der Waals surface area contributed by atoms with Gasteiger partial charge in [-0.2, -0.15) is 0 Å². The van der Waals surface area contributed by atoms with E-state index in [-0.39, 0.29) is 0 Å². The normalized spacial score (nSPS) is 15.9. The second-order valence-electron chi connectivity index (χ2n) is 4.27. The molecule has 1 saturated heterocycles. The van der Waals surface area contributed by atoms with E-state index in [0.717, 1.165) is 5.69 Å². The van der Waals surface area contributed by atoms with E-state index in [9.17, 15) is 0 Å². The standard InChI is InChI=1S/C14H20N2/c1-3-12-7-8-13(11-14(12)15-2)16-9-5-4-6-10-16/h3,7-8,11,15H,1,4-6,9-10H2,2H3. The number of hydrogen-bond donors (Lipinski definition) is 1. The van der Waals surface area contributed by atoms with Crippen molar-refractivity contribution in [1.29, 1.82) is 0 Å². The Bertz CT molecular complexity index is 365. The first-order chi connectivity index (χ1) is 7.85. The molecule has 86 valence electrons. The lowest BCUT2D eigenvalue weighted by molar-refractivity contribution is 0.578. The SMILES string of the molecule is C=Cc1ccc(N2CCCCC2)cc1NC. The molecule has 0 atom stereocenters. The van der Waals surface area contributed by atoms with Gasteiger partial charge in [-0.05, 0) is 37.0 Å². The average Bonchev–Trinajstić information content (AvgIpc) is 2.39. The highest BCUT2D eigenvalue weighted by Crippen LogP contribution is 2.26. The number of benzene rings is 1. The van der Waals surface area contributed by atoms with E-state index in [0.29, 0.717) is 0 Å². The van der Waals surface area contributed by atoms with Crippen molar-refractivity contribution in [3.8, 4) is 0 Å². The Morgan fingerprint density at radius 2 is 2.00 bits per heavy atom. The molecule has 1 heterocycles. The quantitative estimate of drug-likeness (QED) is 0.833.